The Morgan fingerprint density at radius 1 is 1.40 bits per heavy atom. The average molecular weight is 290 g/mol. The van der Waals surface area contributed by atoms with Gasteiger partial charge in [-0.2, -0.15) is 0 Å². The zero-order chi connectivity index (χ0) is 14.7. The number of nitrogens with zero attached hydrogens (tertiary/aromatic N) is 2. The summed E-state index contributed by atoms with van der Waals surface area (Å²) in [6.07, 6.45) is 1.06. The largest absolute Gasteiger partial charge is 0.478 e. The summed E-state index contributed by atoms with van der Waals surface area (Å²) in [5, 5.41) is 20.0. The fourth-order valence-corrected chi connectivity index (χ4v) is 2.50. The van der Waals surface area contributed by atoms with E-state index in [9.17, 15) is 14.9 Å². The van der Waals surface area contributed by atoms with Crippen LogP contribution in [-0.2, 0) is 0 Å². The fourth-order valence-electron chi connectivity index (χ4n) is 1.55. The lowest BCUT2D eigenvalue weighted by Gasteiger charge is -2.06. The third kappa shape index (κ3) is 2.94. The zero-order valence-corrected chi connectivity index (χ0v) is 11.3. The van der Waals surface area contributed by atoms with E-state index in [1.165, 1.54) is 11.8 Å². The molecule has 1 heterocycles. The van der Waals surface area contributed by atoms with Crippen molar-refractivity contribution in [1.29, 1.82) is 0 Å². The highest BCUT2D eigenvalue weighted by Gasteiger charge is 2.18. The van der Waals surface area contributed by atoms with E-state index >= 15 is 0 Å². The minimum atomic E-state index is -1.24. The van der Waals surface area contributed by atoms with Gasteiger partial charge < -0.3 is 5.11 Å². The van der Waals surface area contributed by atoms with E-state index in [1.807, 2.05) is 31.2 Å². The minimum absolute atomic E-state index is 0.174. The molecular formula is C13H10N2O4S. The molecule has 0 aliphatic carbocycles. The molecule has 2 rings (SSSR count). The number of carboxylic acids is 1. The molecule has 0 saturated carbocycles. The van der Waals surface area contributed by atoms with Crippen molar-refractivity contribution in [3.8, 4) is 0 Å². The summed E-state index contributed by atoms with van der Waals surface area (Å²) in [5.74, 6) is -1.24. The second kappa shape index (κ2) is 5.70. The van der Waals surface area contributed by atoms with Crippen LogP contribution >= 0.6 is 11.8 Å². The highest BCUT2D eigenvalue weighted by Crippen LogP contribution is 2.32. The molecule has 1 aromatic carbocycles. The molecule has 0 aliphatic heterocycles. The number of aromatic carboxylic acids is 1. The molecule has 20 heavy (non-hydrogen) atoms. The number of carboxylic acid groups (broad SMARTS) is 1. The number of aromatic nitrogens is 1. The third-order valence-corrected chi connectivity index (χ3v) is 3.77. The molecule has 0 radical (unpaired) electrons. The molecule has 0 bridgehead atoms. The van der Waals surface area contributed by atoms with Gasteiger partial charge in [0.05, 0.1) is 10.5 Å². The third-order valence-electron chi connectivity index (χ3n) is 2.58. The van der Waals surface area contributed by atoms with E-state index in [0.717, 1.165) is 22.7 Å². The molecule has 2 aromatic rings. The number of rotatable bonds is 4. The quantitative estimate of drug-likeness (QED) is 0.686. The SMILES string of the molecule is Cc1ccccc1Sc1ncc([N+](=O)[O-])cc1C(=O)O. The van der Waals surface area contributed by atoms with E-state index in [4.69, 9.17) is 5.11 Å². The van der Waals surface area contributed by atoms with Crippen LogP contribution in [0.2, 0.25) is 0 Å². The van der Waals surface area contributed by atoms with Crippen molar-refractivity contribution in [2.75, 3.05) is 0 Å². The van der Waals surface area contributed by atoms with Gasteiger partial charge in [0.1, 0.15) is 11.2 Å². The van der Waals surface area contributed by atoms with Gasteiger partial charge in [-0.3, -0.25) is 10.1 Å². The summed E-state index contributed by atoms with van der Waals surface area (Å²) in [4.78, 5) is 26.0. The maximum atomic E-state index is 11.2. The van der Waals surface area contributed by atoms with Crippen LogP contribution < -0.4 is 0 Å². The molecule has 0 fully saturated rings. The molecular weight excluding hydrogens is 280 g/mol. The zero-order valence-electron chi connectivity index (χ0n) is 10.4. The van der Waals surface area contributed by atoms with Crippen molar-refractivity contribution >= 4 is 23.4 Å². The van der Waals surface area contributed by atoms with Gasteiger partial charge in [0.25, 0.3) is 5.69 Å². The molecule has 0 unspecified atom stereocenters. The predicted octanol–water partition coefficient (Wildman–Crippen LogP) is 3.15. The van der Waals surface area contributed by atoms with Crippen molar-refractivity contribution in [3.05, 3.63) is 57.8 Å². The van der Waals surface area contributed by atoms with Crippen LogP contribution in [-0.4, -0.2) is 21.0 Å². The summed E-state index contributed by atoms with van der Waals surface area (Å²) < 4.78 is 0. The molecule has 6 nitrogen and oxygen atoms in total. The summed E-state index contributed by atoms with van der Waals surface area (Å²) in [6.45, 7) is 1.90. The predicted molar refractivity (Wildman–Crippen MR) is 73.2 cm³/mol. The highest BCUT2D eigenvalue weighted by molar-refractivity contribution is 7.99. The van der Waals surface area contributed by atoms with Crippen molar-refractivity contribution in [2.45, 2.75) is 16.8 Å². The lowest BCUT2D eigenvalue weighted by Crippen LogP contribution is -2.03. The molecule has 0 atom stereocenters. The van der Waals surface area contributed by atoms with Gasteiger partial charge in [0, 0.05) is 11.0 Å². The number of nitro groups is 1. The van der Waals surface area contributed by atoms with Crippen LogP contribution in [0.4, 0.5) is 5.69 Å². The first-order chi connectivity index (χ1) is 9.49. The summed E-state index contributed by atoms with van der Waals surface area (Å²) in [6, 6.07) is 8.47. The Labute approximate surface area is 118 Å². The van der Waals surface area contributed by atoms with E-state index in [2.05, 4.69) is 4.98 Å². The summed E-state index contributed by atoms with van der Waals surface area (Å²) in [5.41, 5.74) is 0.470. The number of hydrogen-bond acceptors (Lipinski definition) is 5. The maximum Gasteiger partial charge on any atom is 0.338 e. The maximum absolute atomic E-state index is 11.2. The number of carbonyl (C=O) groups is 1. The van der Waals surface area contributed by atoms with Crippen molar-refractivity contribution in [1.82, 2.24) is 4.98 Å². The van der Waals surface area contributed by atoms with Gasteiger partial charge >= 0.3 is 5.97 Å². The Morgan fingerprint density at radius 3 is 2.70 bits per heavy atom. The standard InChI is InChI=1S/C13H10N2O4S/c1-8-4-2-3-5-11(8)20-12-10(13(16)17)6-9(7-14-12)15(18)19/h2-7H,1H3,(H,16,17). The van der Waals surface area contributed by atoms with Crippen LogP contribution in [0.3, 0.4) is 0 Å². The Hall–Kier alpha value is -2.41. The van der Waals surface area contributed by atoms with Gasteiger partial charge in [0.15, 0.2) is 0 Å². The number of pyridine rings is 1. The Morgan fingerprint density at radius 2 is 2.10 bits per heavy atom. The van der Waals surface area contributed by atoms with Crippen molar-refractivity contribution in [3.63, 3.8) is 0 Å². The number of hydrogen-bond donors (Lipinski definition) is 1. The molecule has 1 aromatic heterocycles. The molecule has 0 spiro atoms. The Bertz CT molecular complexity index is 688. The van der Waals surface area contributed by atoms with Gasteiger partial charge in [-0.1, -0.05) is 30.0 Å². The van der Waals surface area contributed by atoms with Gasteiger partial charge in [-0.15, -0.1) is 0 Å². The van der Waals surface area contributed by atoms with Crippen LogP contribution in [0.5, 0.6) is 0 Å². The van der Waals surface area contributed by atoms with Crippen LogP contribution in [0, 0.1) is 17.0 Å². The molecule has 7 heteroatoms. The Balaban J connectivity index is 2.44. The highest BCUT2D eigenvalue weighted by atomic mass is 32.2. The first-order valence-electron chi connectivity index (χ1n) is 5.60. The summed E-state index contributed by atoms with van der Waals surface area (Å²) in [7, 11) is 0. The van der Waals surface area contributed by atoms with E-state index in [1.54, 1.807) is 0 Å². The fraction of sp³-hybridized carbons (Fsp3) is 0.0769. The monoisotopic (exact) mass is 290 g/mol. The smallest absolute Gasteiger partial charge is 0.338 e. The average Bonchev–Trinajstić information content (AvgIpc) is 2.41. The number of aryl methyl sites for hydroxylation is 1. The molecule has 102 valence electrons. The first-order valence-corrected chi connectivity index (χ1v) is 6.42. The van der Waals surface area contributed by atoms with Crippen LogP contribution in [0.25, 0.3) is 0 Å². The normalized spacial score (nSPS) is 10.2. The van der Waals surface area contributed by atoms with Crippen molar-refractivity contribution < 1.29 is 14.8 Å². The molecule has 0 aliphatic rings. The van der Waals surface area contributed by atoms with E-state index in [-0.39, 0.29) is 16.3 Å². The second-order valence-corrected chi connectivity index (χ2v) is 5.01. The first kappa shape index (κ1) is 14.0. The van der Waals surface area contributed by atoms with E-state index in [0.29, 0.717) is 0 Å². The lowest BCUT2D eigenvalue weighted by atomic mass is 10.2. The molecule has 0 amide bonds. The molecule has 1 N–H and O–H groups in total. The number of benzene rings is 1. The lowest BCUT2D eigenvalue weighted by molar-refractivity contribution is -0.385. The molecule has 0 saturated heterocycles. The summed E-state index contributed by atoms with van der Waals surface area (Å²) >= 11 is 1.18. The van der Waals surface area contributed by atoms with Gasteiger partial charge in [-0.05, 0) is 18.6 Å². The topological polar surface area (TPSA) is 93.3 Å². The van der Waals surface area contributed by atoms with Crippen LogP contribution in [0.1, 0.15) is 15.9 Å². The minimum Gasteiger partial charge on any atom is -0.478 e. The second-order valence-electron chi connectivity index (χ2n) is 3.98. The van der Waals surface area contributed by atoms with E-state index < -0.39 is 10.9 Å². The van der Waals surface area contributed by atoms with Gasteiger partial charge in [-0.25, -0.2) is 9.78 Å². The van der Waals surface area contributed by atoms with Crippen LogP contribution in [0.15, 0.2) is 46.5 Å². The Kier molecular flexibility index (Phi) is 3.99. The van der Waals surface area contributed by atoms with Crippen molar-refractivity contribution in [2.24, 2.45) is 0 Å². The van der Waals surface area contributed by atoms with Gasteiger partial charge in [0.2, 0.25) is 0 Å².